The van der Waals surface area contributed by atoms with Crippen LogP contribution < -0.4 is 10.1 Å². The van der Waals surface area contributed by atoms with Gasteiger partial charge in [-0.2, -0.15) is 8.78 Å². The van der Waals surface area contributed by atoms with Crippen LogP contribution >= 0.6 is 11.6 Å². The van der Waals surface area contributed by atoms with Crippen molar-refractivity contribution in [2.24, 2.45) is 0 Å². The highest BCUT2D eigenvalue weighted by Gasteiger charge is 2.12. The SMILES string of the molecule is CC(Cl)C(=O)NCc1ccccc1OC(F)F. The third kappa shape index (κ3) is 4.56. The molecule has 1 aromatic rings. The molecule has 0 aromatic heterocycles. The lowest BCUT2D eigenvalue weighted by atomic mass is 10.2. The zero-order chi connectivity index (χ0) is 12.8. The Hall–Kier alpha value is -1.36. The standard InChI is InChI=1S/C11H12ClF2NO2/c1-7(12)10(16)15-6-8-4-2-3-5-9(8)17-11(13)14/h2-5,7,11H,6H2,1H3,(H,15,16). The first kappa shape index (κ1) is 13.7. The molecule has 1 N–H and O–H groups in total. The molecule has 0 aliphatic heterocycles. The fraction of sp³-hybridized carbons (Fsp3) is 0.364. The number of rotatable bonds is 5. The fourth-order valence-electron chi connectivity index (χ4n) is 1.18. The Morgan fingerprint density at radius 2 is 2.12 bits per heavy atom. The molecule has 1 rings (SSSR count). The van der Waals surface area contributed by atoms with Crippen molar-refractivity contribution in [1.29, 1.82) is 0 Å². The highest BCUT2D eigenvalue weighted by molar-refractivity contribution is 6.30. The molecule has 0 saturated carbocycles. The molecule has 0 radical (unpaired) electrons. The van der Waals surface area contributed by atoms with Crippen molar-refractivity contribution in [1.82, 2.24) is 5.32 Å². The highest BCUT2D eigenvalue weighted by Crippen LogP contribution is 2.19. The maximum absolute atomic E-state index is 12.1. The maximum atomic E-state index is 12.1. The number of carbonyl (C=O) groups is 1. The Bertz CT molecular complexity index is 385. The van der Waals surface area contributed by atoms with Crippen LogP contribution in [0.4, 0.5) is 8.78 Å². The largest absolute Gasteiger partial charge is 0.434 e. The molecule has 0 bridgehead atoms. The molecule has 0 aliphatic rings. The molecule has 3 nitrogen and oxygen atoms in total. The number of halogens is 3. The van der Waals surface area contributed by atoms with Crippen LogP contribution in [-0.4, -0.2) is 17.9 Å². The Morgan fingerprint density at radius 3 is 2.71 bits per heavy atom. The van der Waals surface area contributed by atoms with Crippen molar-refractivity contribution in [2.45, 2.75) is 25.5 Å². The molecule has 0 aliphatic carbocycles. The van der Waals surface area contributed by atoms with Crippen molar-refractivity contribution in [2.75, 3.05) is 0 Å². The number of amides is 1. The number of benzene rings is 1. The summed E-state index contributed by atoms with van der Waals surface area (Å²) in [6, 6.07) is 6.26. The second kappa shape index (κ2) is 6.39. The van der Waals surface area contributed by atoms with Gasteiger partial charge in [0.15, 0.2) is 0 Å². The quantitative estimate of drug-likeness (QED) is 0.829. The minimum Gasteiger partial charge on any atom is -0.434 e. The van der Waals surface area contributed by atoms with Crippen LogP contribution in [0.15, 0.2) is 24.3 Å². The molecule has 1 aromatic carbocycles. The zero-order valence-electron chi connectivity index (χ0n) is 9.12. The van der Waals surface area contributed by atoms with Gasteiger partial charge in [0.1, 0.15) is 11.1 Å². The monoisotopic (exact) mass is 263 g/mol. The first-order valence-corrected chi connectivity index (χ1v) is 5.39. The summed E-state index contributed by atoms with van der Waals surface area (Å²) in [6.07, 6.45) is 0. The molecular weight excluding hydrogens is 252 g/mol. The number of nitrogens with one attached hydrogen (secondary N) is 1. The van der Waals surface area contributed by atoms with Gasteiger partial charge >= 0.3 is 6.61 Å². The first-order valence-electron chi connectivity index (χ1n) is 4.95. The molecular formula is C11H12ClF2NO2. The van der Waals surface area contributed by atoms with Crippen molar-refractivity contribution >= 4 is 17.5 Å². The van der Waals surface area contributed by atoms with Crippen molar-refractivity contribution in [3.63, 3.8) is 0 Å². The second-order valence-corrected chi connectivity index (χ2v) is 3.97. The Kier molecular flexibility index (Phi) is 5.15. The van der Waals surface area contributed by atoms with Crippen LogP contribution in [0.3, 0.4) is 0 Å². The maximum Gasteiger partial charge on any atom is 0.387 e. The average molecular weight is 264 g/mol. The van der Waals surface area contributed by atoms with Gasteiger partial charge in [-0.3, -0.25) is 4.79 Å². The van der Waals surface area contributed by atoms with Gasteiger partial charge in [-0.15, -0.1) is 11.6 Å². The molecule has 17 heavy (non-hydrogen) atoms. The van der Waals surface area contributed by atoms with Crippen LogP contribution in [0.5, 0.6) is 5.75 Å². The Morgan fingerprint density at radius 1 is 1.47 bits per heavy atom. The van der Waals surface area contributed by atoms with Crippen molar-refractivity contribution in [3.8, 4) is 5.75 Å². The van der Waals surface area contributed by atoms with E-state index in [2.05, 4.69) is 10.1 Å². The summed E-state index contributed by atoms with van der Waals surface area (Å²) in [5.74, 6) is -0.316. The van der Waals surface area contributed by atoms with E-state index in [0.717, 1.165) is 0 Å². The smallest absolute Gasteiger partial charge is 0.387 e. The van der Waals surface area contributed by atoms with E-state index in [4.69, 9.17) is 11.6 Å². The molecule has 0 saturated heterocycles. The van der Waals surface area contributed by atoms with E-state index in [-0.39, 0.29) is 18.2 Å². The lowest BCUT2D eigenvalue weighted by Crippen LogP contribution is -2.29. The van der Waals surface area contributed by atoms with Crippen LogP contribution in [0.1, 0.15) is 12.5 Å². The van der Waals surface area contributed by atoms with Crippen molar-refractivity contribution in [3.05, 3.63) is 29.8 Å². The molecule has 0 spiro atoms. The van der Waals surface area contributed by atoms with Gasteiger partial charge in [0.25, 0.3) is 0 Å². The fourth-order valence-corrected chi connectivity index (χ4v) is 1.26. The lowest BCUT2D eigenvalue weighted by molar-refractivity contribution is -0.120. The van der Waals surface area contributed by atoms with Gasteiger partial charge in [-0.1, -0.05) is 18.2 Å². The number of alkyl halides is 3. The minimum atomic E-state index is -2.89. The van der Waals surface area contributed by atoms with Crippen LogP contribution in [0.25, 0.3) is 0 Å². The van der Waals surface area contributed by atoms with E-state index in [1.165, 1.54) is 13.0 Å². The topological polar surface area (TPSA) is 38.3 Å². The summed E-state index contributed by atoms with van der Waals surface area (Å²) in [6.45, 7) is -1.27. The summed E-state index contributed by atoms with van der Waals surface area (Å²) in [4.78, 5) is 11.2. The van der Waals surface area contributed by atoms with E-state index < -0.39 is 12.0 Å². The van der Waals surface area contributed by atoms with E-state index in [1.807, 2.05) is 0 Å². The van der Waals surface area contributed by atoms with Gasteiger partial charge in [0.05, 0.1) is 0 Å². The molecule has 1 unspecified atom stereocenters. The first-order chi connectivity index (χ1) is 8.00. The number of hydrogen-bond acceptors (Lipinski definition) is 2. The molecule has 94 valence electrons. The summed E-state index contributed by atoms with van der Waals surface area (Å²) in [5.41, 5.74) is 0.471. The molecule has 0 heterocycles. The predicted molar refractivity (Wildman–Crippen MR) is 60.2 cm³/mol. The van der Waals surface area contributed by atoms with Crippen LogP contribution in [0, 0.1) is 0 Å². The summed E-state index contributed by atoms with van der Waals surface area (Å²) < 4.78 is 28.5. The van der Waals surface area contributed by atoms with E-state index in [1.54, 1.807) is 18.2 Å². The molecule has 0 fully saturated rings. The average Bonchev–Trinajstić information content (AvgIpc) is 2.26. The second-order valence-electron chi connectivity index (χ2n) is 3.32. The van der Waals surface area contributed by atoms with E-state index in [0.29, 0.717) is 5.56 Å². The minimum absolute atomic E-state index is 0.0463. The molecule has 1 atom stereocenters. The van der Waals surface area contributed by atoms with Gasteiger partial charge in [-0.05, 0) is 13.0 Å². The summed E-state index contributed by atoms with van der Waals surface area (Å²) in [5, 5.41) is 1.85. The number of hydrogen-bond donors (Lipinski definition) is 1. The predicted octanol–water partition coefficient (Wildman–Crippen LogP) is 2.53. The summed E-state index contributed by atoms with van der Waals surface area (Å²) >= 11 is 5.56. The van der Waals surface area contributed by atoms with E-state index in [9.17, 15) is 13.6 Å². The molecule has 1 amide bonds. The number of ether oxygens (including phenoxy) is 1. The van der Waals surface area contributed by atoms with E-state index >= 15 is 0 Å². The van der Waals surface area contributed by atoms with Gasteiger partial charge < -0.3 is 10.1 Å². The molecule has 6 heteroatoms. The Balaban J connectivity index is 2.67. The van der Waals surface area contributed by atoms with Gasteiger partial charge in [0, 0.05) is 12.1 Å². The number of carbonyl (C=O) groups excluding carboxylic acids is 1. The van der Waals surface area contributed by atoms with Gasteiger partial charge in [-0.25, -0.2) is 0 Å². The highest BCUT2D eigenvalue weighted by atomic mass is 35.5. The zero-order valence-corrected chi connectivity index (χ0v) is 9.88. The lowest BCUT2D eigenvalue weighted by Gasteiger charge is -2.11. The summed E-state index contributed by atoms with van der Waals surface area (Å²) in [7, 11) is 0. The third-order valence-electron chi connectivity index (χ3n) is 2.00. The van der Waals surface area contributed by atoms with Gasteiger partial charge in [0.2, 0.25) is 5.91 Å². The number of para-hydroxylation sites is 1. The van der Waals surface area contributed by atoms with Crippen LogP contribution in [-0.2, 0) is 11.3 Å². The Labute approximate surface area is 103 Å². The third-order valence-corrected chi connectivity index (χ3v) is 2.20. The van der Waals surface area contributed by atoms with Crippen molar-refractivity contribution < 1.29 is 18.3 Å². The van der Waals surface area contributed by atoms with Crippen LogP contribution in [0.2, 0.25) is 0 Å². The normalized spacial score (nSPS) is 12.3.